The summed E-state index contributed by atoms with van der Waals surface area (Å²) in [5, 5.41) is 11.3. The van der Waals surface area contributed by atoms with E-state index in [9.17, 15) is 5.11 Å². The maximum absolute atomic E-state index is 10.0. The van der Waals surface area contributed by atoms with E-state index in [-0.39, 0.29) is 12.1 Å². The lowest BCUT2D eigenvalue weighted by Crippen LogP contribution is -2.45. The molecule has 2 aromatic rings. The summed E-state index contributed by atoms with van der Waals surface area (Å²) in [7, 11) is 0. The van der Waals surface area contributed by atoms with Crippen LogP contribution in [-0.2, 0) is 6.54 Å². The molecular weight excluding hydrogens is 260 g/mol. The number of likely N-dealkylation sites (tertiary alicyclic amines) is 1. The molecule has 0 amide bonds. The van der Waals surface area contributed by atoms with Crippen molar-refractivity contribution in [2.75, 3.05) is 6.54 Å². The van der Waals surface area contributed by atoms with E-state index in [0.717, 1.165) is 30.7 Å². The van der Waals surface area contributed by atoms with Crippen molar-refractivity contribution in [3.63, 3.8) is 0 Å². The van der Waals surface area contributed by atoms with Gasteiger partial charge in [0.25, 0.3) is 0 Å². The highest BCUT2D eigenvalue weighted by Gasteiger charge is 2.26. The highest BCUT2D eigenvalue weighted by molar-refractivity contribution is 5.82. The monoisotopic (exact) mass is 284 g/mol. The van der Waals surface area contributed by atoms with E-state index in [1.807, 2.05) is 13.0 Å². The molecule has 0 aliphatic carbocycles. The van der Waals surface area contributed by atoms with Gasteiger partial charge in [-0.15, -0.1) is 0 Å². The fourth-order valence-electron chi connectivity index (χ4n) is 3.50. The molecule has 2 heterocycles. The fraction of sp³-hybridized carbons (Fsp3) is 0.500. The molecule has 0 spiro atoms. The van der Waals surface area contributed by atoms with E-state index in [4.69, 9.17) is 0 Å². The number of benzene rings is 1. The lowest BCUT2D eigenvalue weighted by atomic mass is 9.96. The molecule has 1 aromatic heterocycles. The molecule has 3 rings (SSSR count). The molecule has 3 heteroatoms. The van der Waals surface area contributed by atoms with Gasteiger partial charge in [-0.25, -0.2) is 0 Å². The third kappa shape index (κ3) is 3.09. The standard InChI is InChI=1S/C18H24N2O/c1-13-11-15(16-7-3-4-8-17(16)19-13)12-20-10-6-5-9-18(20)14(2)21/h3-4,7-8,11,14,18,21H,5-6,9-10,12H2,1-2H3. The smallest absolute Gasteiger partial charge is 0.0708 e. The van der Waals surface area contributed by atoms with Gasteiger partial charge in [0.05, 0.1) is 11.6 Å². The second-order valence-corrected chi connectivity index (χ2v) is 6.21. The van der Waals surface area contributed by atoms with Crippen molar-refractivity contribution in [1.29, 1.82) is 0 Å². The molecule has 1 aliphatic rings. The quantitative estimate of drug-likeness (QED) is 0.939. The first-order chi connectivity index (χ1) is 10.1. The normalized spacial score (nSPS) is 21.6. The molecule has 1 aliphatic heterocycles. The first-order valence-corrected chi connectivity index (χ1v) is 7.92. The number of nitrogens with zero attached hydrogens (tertiary/aromatic N) is 2. The van der Waals surface area contributed by atoms with Crippen LogP contribution in [0, 0.1) is 6.92 Å². The van der Waals surface area contributed by atoms with Gasteiger partial charge in [0.2, 0.25) is 0 Å². The Kier molecular flexibility index (Phi) is 4.22. The molecule has 0 bridgehead atoms. The van der Waals surface area contributed by atoms with Gasteiger partial charge in [0.1, 0.15) is 0 Å². The largest absolute Gasteiger partial charge is 0.392 e. The Bertz CT molecular complexity index is 624. The minimum absolute atomic E-state index is 0.264. The predicted octanol–water partition coefficient (Wildman–Crippen LogP) is 3.28. The zero-order valence-corrected chi connectivity index (χ0v) is 12.9. The number of fused-ring (bicyclic) bond motifs is 1. The van der Waals surface area contributed by atoms with Crippen molar-refractivity contribution in [1.82, 2.24) is 9.88 Å². The van der Waals surface area contributed by atoms with Crippen LogP contribution in [0.3, 0.4) is 0 Å². The van der Waals surface area contributed by atoms with Gasteiger partial charge in [-0.05, 0) is 50.9 Å². The van der Waals surface area contributed by atoms with E-state index < -0.39 is 0 Å². The Morgan fingerprint density at radius 2 is 2.14 bits per heavy atom. The summed E-state index contributed by atoms with van der Waals surface area (Å²) in [6.45, 7) is 5.95. The number of pyridine rings is 1. The summed E-state index contributed by atoms with van der Waals surface area (Å²) in [6.07, 6.45) is 3.28. The first-order valence-electron chi connectivity index (χ1n) is 7.92. The van der Waals surface area contributed by atoms with Crippen LogP contribution in [0.15, 0.2) is 30.3 Å². The van der Waals surface area contributed by atoms with Crippen LogP contribution < -0.4 is 0 Å². The number of aliphatic hydroxyl groups excluding tert-OH is 1. The van der Waals surface area contributed by atoms with Crippen molar-refractivity contribution >= 4 is 10.9 Å². The van der Waals surface area contributed by atoms with Crippen LogP contribution in [0.1, 0.15) is 37.4 Å². The van der Waals surface area contributed by atoms with Crippen molar-refractivity contribution < 1.29 is 5.11 Å². The maximum Gasteiger partial charge on any atom is 0.0708 e. The summed E-state index contributed by atoms with van der Waals surface area (Å²) in [4.78, 5) is 7.06. The number of piperidine rings is 1. The van der Waals surface area contributed by atoms with Crippen LogP contribution in [-0.4, -0.2) is 33.7 Å². The van der Waals surface area contributed by atoms with Crippen molar-refractivity contribution in [2.24, 2.45) is 0 Å². The van der Waals surface area contributed by atoms with Crippen LogP contribution in [0.5, 0.6) is 0 Å². The molecule has 112 valence electrons. The number of aliphatic hydroxyl groups is 1. The zero-order chi connectivity index (χ0) is 14.8. The van der Waals surface area contributed by atoms with Gasteiger partial charge >= 0.3 is 0 Å². The Morgan fingerprint density at radius 3 is 2.95 bits per heavy atom. The summed E-state index contributed by atoms with van der Waals surface area (Å²) in [5.41, 5.74) is 3.46. The fourth-order valence-corrected chi connectivity index (χ4v) is 3.50. The van der Waals surface area contributed by atoms with E-state index in [2.05, 4.69) is 41.1 Å². The summed E-state index contributed by atoms with van der Waals surface area (Å²) >= 11 is 0. The van der Waals surface area contributed by atoms with Crippen LogP contribution in [0.4, 0.5) is 0 Å². The average Bonchev–Trinajstić information content (AvgIpc) is 2.47. The van der Waals surface area contributed by atoms with Gasteiger partial charge in [0.15, 0.2) is 0 Å². The molecule has 2 atom stereocenters. The minimum atomic E-state index is -0.264. The van der Waals surface area contributed by atoms with Crippen LogP contribution in [0.2, 0.25) is 0 Å². The van der Waals surface area contributed by atoms with E-state index in [0.29, 0.717) is 0 Å². The number of aryl methyl sites for hydroxylation is 1. The zero-order valence-electron chi connectivity index (χ0n) is 12.9. The molecule has 3 nitrogen and oxygen atoms in total. The molecule has 1 N–H and O–H groups in total. The Morgan fingerprint density at radius 1 is 1.33 bits per heavy atom. The molecule has 0 saturated carbocycles. The van der Waals surface area contributed by atoms with Crippen LogP contribution >= 0.6 is 0 Å². The lowest BCUT2D eigenvalue weighted by Gasteiger charge is -2.37. The molecule has 1 fully saturated rings. The molecular formula is C18H24N2O. The van der Waals surface area contributed by atoms with E-state index in [1.54, 1.807) is 0 Å². The number of hydrogen-bond acceptors (Lipinski definition) is 3. The number of aromatic nitrogens is 1. The Labute approximate surface area is 126 Å². The topological polar surface area (TPSA) is 36.4 Å². The first kappa shape index (κ1) is 14.5. The predicted molar refractivity (Wildman–Crippen MR) is 86.2 cm³/mol. The number of hydrogen-bond donors (Lipinski definition) is 1. The Hall–Kier alpha value is -1.45. The molecule has 1 saturated heterocycles. The molecule has 1 aromatic carbocycles. The van der Waals surface area contributed by atoms with Crippen molar-refractivity contribution in [3.05, 3.63) is 41.6 Å². The van der Waals surface area contributed by atoms with Gasteiger partial charge < -0.3 is 5.11 Å². The van der Waals surface area contributed by atoms with Gasteiger partial charge in [-0.3, -0.25) is 9.88 Å². The number of para-hydroxylation sites is 1. The average molecular weight is 284 g/mol. The highest BCUT2D eigenvalue weighted by Crippen LogP contribution is 2.25. The van der Waals surface area contributed by atoms with Crippen molar-refractivity contribution in [2.45, 2.75) is 51.8 Å². The van der Waals surface area contributed by atoms with Crippen molar-refractivity contribution in [3.8, 4) is 0 Å². The summed E-state index contributed by atoms with van der Waals surface area (Å²) < 4.78 is 0. The van der Waals surface area contributed by atoms with E-state index in [1.165, 1.54) is 23.8 Å². The second kappa shape index (κ2) is 6.12. The van der Waals surface area contributed by atoms with Gasteiger partial charge in [0, 0.05) is 23.7 Å². The maximum atomic E-state index is 10.0. The third-order valence-electron chi connectivity index (χ3n) is 4.52. The van der Waals surface area contributed by atoms with E-state index >= 15 is 0 Å². The van der Waals surface area contributed by atoms with Gasteiger partial charge in [-0.1, -0.05) is 24.6 Å². The summed E-state index contributed by atoms with van der Waals surface area (Å²) in [5.74, 6) is 0. The SMILES string of the molecule is Cc1cc(CN2CCCCC2C(C)O)c2ccccc2n1. The highest BCUT2D eigenvalue weighted by atomic mass is 16.3. The molecule has 0 radical (unpaired) electrons. The molecule has 2 unspecified atom stereocenters. The number of rotatable bonds is 3. The lowest BCUT2D eigenvalue weighted by molar-refractivity contribution is 0.0319. The molecule has 21 heavy (non-hydrogen) atoms. The third-order valence-corrected chi connectivity index (χ3v) is 4.52. The Balaban J connectivity index is 1.93. The second-order valence-electron chi connectivity index (χ2n) is 6.21. The van der Waals surface area contributed by atoms with Crippen LogP contribution in [0.25, 0.3) is 10.9 Å². The van der Waals surface area contributed by atoms with Gasteiger partial charge in [-0.2, -0.15) is 0 Å². The minimum Gasteiger partial charge on any atom is -0.392 e. The summed E-state index contributed by atoms with van der Waals surface area (Å²) in [6, 6.07) is 10.8.